The standard InChI is InChI=1S/C27H19Cl2F3N6O2S3/c1-38-24(18-7-5-15(28)10-19(18)29)36-37-25(38)41-12-22(39)34-17-6-8-20-21(11-17)43-26(35-20)42-13-23(40)33-16-4-2-3-14(9-16)27(30,31)32/h2-11H,12-13H2,1H3,(H,33,40)(H,34,39). The molecule has 222 valence electrons. The number of rotatable bonds is 9. The number of fused-ring (bicyclic) bond motifs is 1. The summed E-state index contributed by atoms with van der Waals surface area (Å²) in [4.78, 5) is 29.5. The van der Waals surface area contributed by atoms with Gasteiger partial charge in [-0.15, -0.1) is 21.5 Å². The average Bonchev–Trinajstić information content (AvgIpc) is 3.53. The Labute approximate surface area is 265 Å². The van der Waals surface area contributed by atoms with E-state index in [0.717, 1.165) is 28.6 Å². The number of anilines is 2. The lowest BCUT2D eigenvalue weighted by Crippen LogP contribution is -2.14. The van der Waals surface area contributed by atoms with Gasteiger partial charge in [-0.2, -0.15) is 13.2 Å². The van der Waals surface area contributed by atoms with Crippen molar-refractivity contribution in [3.8, 4) is 11.4 Å². The molecule has 0 aliphatic rings. The number of aromatic nitrogens is 4. The highest BCUT2D eigenvalue weighted by atomic mass is 35.5. The first-order valence-corrected chi connectivity index (χ1v) is 15.8. The third kappa shape index (κ3) is 7.81. The van der Waals surface area contributed by atoms with Crippen molar-refractivity contribution in [2.75, 3.05) is 22.1 Å². The van der Waals surface area contributed by atoms with Crippen molar-refractivity contribution in [1.82, 2.24) is 19.7 Å². The van der Waals surface area contributed by atoms with Crippen LogP contribution in [0, 0.1) is 0 Å². The largest absolute Gasteiger partial charge is 0.416 e. The molecule has 0 radical (unpaired) electrons. The lowest BCUT2D eigenvalue weighted by Gasteiger charge is -2.09. The normalized spacial score (nSPS) is 11.6. The third-order valence-electron chi connectivity index (χ3n) is 5.79. The zero-order valence-corrected chi connectivity index (χ0v) is 25.9. The van der Waals surface area contributed by atoms with Crippen molar-refractivity contribution in [3.05, 3.63) is 76.3 Å². The molecule has 16 heteroatoms. The van der Waals surface area contributed by atoms with Crippen LogP contribution in [0.3, 0.4) is 0 Å². The molecule has 2 N–H and O–H groups in total. The second-order valence-electron chi connectivity index (χ2n) is 8.90. The molecule has 0 saturated heterocycles. The molecule has 0 unspecified atom stereocenters. The van der Waals surface area contributed by atoms with Crippen LogP contribution in [0.4, 0.5) is 24.5 Å². The molecule has 2 aromatic heterocycles. The summed E-state index contributed by atoms with van der Waals surface area (Å²) in [6.07, 6.45) is -4.50. The minimum Gasteiger partial charge on any atom is -0.325 e. The Hall–Kier alpha value is -3.30. The predicted octanol–water partition coefficient (Wildman–Crippen LogP) is 7.88. The van der Waals surface area contributed by atoms with Gasteiger partial charge in [0.05, 0.1) is 32.3 Å². The molecule has 0 fully saturated rings. The Kier molecular flexibility index (Phi) is 9.51. The fraction of sp³-hybridized carbons (Fsp3) is 0.148. The summed E-state index contributed by atoms with van der Waals surface area (Å²) < 4.78 is 41.9. The molecule has 0 aliphatic heterocycles. The van der Waals surface area contributed by atoms with Gasteiger partial charge in [0.15, 0.2) is 15.3 Å². The van der Waals surface area contributed by atoms with E-state index in [2.05, 4.69) is 25.8 Å². The van der Waals surface area contributed by atoms with Crippen molar-refractivity contribution in [1.29, 1.82) is 0 Å². The fourth-order valence-electron chi connectivity index (χ4n) is 3.81. The maximum atomic E-state index is 12.9. The molecule has 0 aliphatic carbocycles. The van der Waals surface area contributed by atoms with Crippen molar-refractivity contribution in [2.24, 2.45) is 7.05 Å². The number of benzene rings is 3. The number of alkyl halides is 3. The fourth-order valence-corrected chi connectivity index (χ4v) is 6.93. The highest BCUT2D eigenvalue weighted by Gasteiger charge is 2.30. The van der Waals surface area contributed by atoms with Crippen LogP contribution in [0.1, 0.15) is 5.56 Å². The predicted molar refractivity (Wildman–Crippen MR) is 166 cm³/mol. The molecule has 5 rings (SSSR count). The summed E-state index contributed by atoms with van der Waals surface area (Å²) in [7, 11) is 1.78. The maximum absolute atomic E-state index is 12.9. The zero-order chi connectivity index (χ0) is 30.7. The topological polar surface area (TPSA) is 102 Å². The van der Waals surface area contributed by atoms with Gasteiger partial charge in [0.1, 0.15) is 0 Å². The summed E-state index contributed by atoms with van der Waals surface area (Å²) in [5.74, 6) is -0.111. The van der Waals surface area contributed by atoms with E-state index in [-0.39, 0.29) is 23.1 Å². The van der Waals surface area contributed by atoms with Crippen LogP contribution in [0.25, 0.3) is 21.6 Å². The number of nitrogens with one attached hydrogen (secondary N) is 2. The van der Waals surface area contributed by atoms with Crippen LogP contribution in [0.2, 0.25) is 10.0 Å². The first-order chi connectivity index (χ1) is 20.5. The quantitative estimate of drug-likeness (QED) is 0.153. The van der Waals surface area contributed by atoms with Crippen molar-refractivity contribution in [2.45, 2.75) is 15.7 Å². The van der Waals surface area contributed by atoms with Gasteiger partial charge in [0.25, 0.3) is 0 Å². The van der Waals surface area contributed by atoms with Crippen LogP contribution < -0.4 is 10.6 Å². The molecule has 0 bridgehead atoms. The van der Waals surface area contributed by atoms with Gasteiger partial charge in [0.2, 0.25) is 11.8 Å². The van der Waals surface area contributed by atoms with Gasteiger partial charge in [-0.05, 0) is 54.6 Å². The highest BCUT2D eigenvalue weighted by Crippen LogP contribution is 2.33. The minimum absolute atomic E-state index is 0.0368. The molecule has 3 aromatic carbocycles. The van der Waals surface area contributed by atoms with Crippen LogP contribution in [0.5, 0.6) is 0 Å². The van der Waals surface area contributed by atoms with Gasteiger partial charge in [0, 0.05) is 29.0 Å². The van der Waals surface area contributed by atoms with Crippen LogP contribution in [0.15, 0.2) is 70.2 Å². The first-order valence-electron chi connectivity index (χ1n) is 12.2. The maximum Gasteiger partial charge on any atom is 0.416 e. The van der Waals surface area contributed by atoms with Crippen molar-refractivity contribution >= 4 is 91.5 Å². The number of hydrogen-bond acceptors (Lipinski definition) is 8. The molecule has 0 atom stereocenters. The molecule has 2 amide bonds. The number of carbonyl (C=O) groups excluding carboxylic acids is 2. The van der Waals surface area contributed by atoms with Gasteiger partial charge in [-0.25, -0.2) is 4.98 Å². The van der Waals surface area contributed by atoms with E-state index in [1.807, 2.05) is 0 Å². The van der Waals surface area contributed by atoms with Gasteiger partial charge in [-0.1, -0.05) is 52.8 Å². The lowest BCUT2D eigenvalue weighted by molar-refractivity contribution is -0.137. The molecule has 8 nitrogen and oxygen atoms in total. The first kappa shape index (κ1) is 31.1. The SMILES string of the molecule is Cn1c(SCC(=O)Nc2ccc3nc(SCC(=O)Nc4cccc(C(F)(F)F)c4)sc3c2)nnc1-c1ccc(Cl)cc1Cl. The summed E-state index contributed by atoms with van der Waals surface area (Å²) >= 11 is 16.0. The minimum atomic E-state index is -4.50. The number of nitrogens with zero attached hydrogens (tertiary/aromatic N) is 4. The molecule has 0 spiro atoms. The Balaban J connectivity index is 1.15. The Morgan fingerprint density at radius 3 is 2.37 bits per heavy atom. The van der Waals surface area contributed by atoms with E-state index in [0.29, 0.717) is 42.1 Å². The van der Waals surface area contributed by atoms with Crippen molar-refractivity contribution < 1.29 is 22.8 Å². The van der Waals surface area contributed by atoms with Gasteiger partial charge in [-0.3, -0.25) is 9.59 Å². The van der Waals surface area contributed by atoms with E-state index in [9.17, 15) is 22.8 Å². The molecular formula is C27H19Cl2F3N6O2S3. The Morgan fingerprint density at radius 2 is 1.65 bits per heavy atom. The summed E-state index contributed by atoms with van der Waals surface area (Å²) in [6, 6.07) is 14.8. The monoisotopic (exact) mass is 682 g/mol. The van der Waals surface area contributed by atoms with Crippen molar-refractivity contribution in [3.63, 3.8) is 0 Å². The lowest BCUT2D eigenvalue weighted by atomic mass is 10.2. The molecule has 5 aromatic rings. The number of thiazole rings is 1. The molecular weight excluding hydrogens is 664 g/mol. The second-order valence-corrected chi connectivity index (χ2v) is 12.9. The molecule has 0 saturated carbocycles. The van der Waals surface area contributed by atoms with Crippen LogP contribution in [-0.4, -0.2) is 43.1 Å². The van der Waals surface area contributed by atoms with E-state index in [4.69, 9.17) is 23.2 Å². The van der Waals surface area contributed by atoms with Gasteiger partial charge >= 0.3 is 6.18 Å². The number of thioether (sulfide) groups is 2. The molecule has 43 heavy (non-hydrogen) atoms. The summed E-state index contributed by atoms with van der Waals surface area (Å²) in [5, 5.41) is 15.2. The zero-order valence-electron chi connectivity index (χ0n) is 21.9. The molecule has 2 heterocycles. The second kappa shape index (κ2) is 13.1. The van der Waals surface area contributed by atoms with E-state index in [1.54, 1.807) is 48.0 Å². The Morgan fingerprint density at radius 1 is 0.930 bits per heavy atom. The summed E-state index contributed by atoms with van der Waals surface area (Å²) in [6.45, 7) is 0. The van der Waals surface area contributed by atoms with Crippen LogP contribution in [-0.2, 0) is 22.8 Å². The van der Waals surface area contributed by atoms with E-state index < -0.39 is 17.6 Å². The number of halogens is 5. The highest BCUT2D eigenvalue weighted by molar-refractivity contribution is 8.01. The van der Waals surface area contributed by atoms with E-state index >= 15 is 0 Å². The average molecular weight is 684 g/mol. The number of hydrogen-bond donors (Lipinski definition) is 2. The van der Waals surface area contributed by atoms with E-state index in [1.165, 1.54) is 35.2 Å². The number of amides is 2. The van der Waals surface area contributed by atoms with Crippen LogP contribution >= 0.6 is 58.1 Å². The number of carbonyl (C=O) groups is 2. The Bertz CT molecular complexity index is 1830. The summed E-state index contributed by atoms with van der Waals surface area (Å²) in [5.41, 5.74) is 1.16. The van der Waals surface area contributed by atoms with Gasteiger partial charge < -0.3 is 15.2 Å². The smallest absolute Gasteiger partial charge is 0.325 e. The third-order valence-corrected chi connectivity index (χ3v) is 9.52.